The minimum Gasteiger partial charge on any atom is -0.454 e. The van der Waals surface area contributed by atoms with Crippen LogP contribution >= 0.6 is 0 Å². The number of ether oxygens (including phenoxy) is 2. The summed E-state index contributed by atoms with van der Waals surface area (Å²) < 4.78 is 65.9. The number of aliphatic hydroxyl groups is 1. The van der Waals surface area contributed by atoms with Crippen molar-refractivity contribution in [3.8, 4) is 11.5 Å². The van der Waals surface area contributed by atoms with E-state index in [1.807, 2.05) is 44.2 Å². The molecule has 4 rings (SSSR count). The third-order valence-electron chi connectivity index (χ3n) is 7.10. The molecule has 1 fully saturated rings. The molecule has 0 bridgehead atoms. The van der Waals surface area contributed by atoms with E-state index in [2.05, 4.69) is 5.32 Å². The first-order valence-corrected chi connectivity index (χ1v) is 16.9. The van der Waals surface area contributed by atoms with Crippen LogP contribution in [-0.4, -0.2) is 87.3 Å². The van der Waals surface area contributed by atoms with Gasteiger partial charge in [-0.2, -0.15) is 4.31 Å². The van der Waals surface area contributed by atoms with Gasteiger partial charge in [-0.3, -0.25) is 4.79 Å². The summed E-state index contributed by atoms with van der Waals surface area (Å²) in [4.78, 5) is 12.9. The fourth-order valence-corrected chi connectivity index (χ4v) is 8.10. The minimum absolute atomic E-state index is 0.00497. The lowest BCUT2D eigenvalue weighted by Crippen LogP contribution is -2.51. The molecule has 0 saturated carbocycles. The van der Waals surface area contributed by atoms with Crippen molar-refractivity contribution in [2.45, 2.75) is 56.6 Å². The molecule has 0 unspecified atom stereocenters. The van der Waals surface area contributed by atoms with Gasteiger partial charge in [0, 0.05) is 38.7 Å². The highest BCUT2D eigenvalue weighted by Crippen LogP contribution is 2.35. The van der Waals surface area contributed by atoms with Crippen LogP contribution in [0.3, 0.4) is 0 Å². The van der Waals surface area contributed by atoms with Gasteiger partial charge in [0.1, 0.15) is 0 Å². The van der Waals surface area contributed by atoms with E-state index in [9.17, 15) is 26.7 Å². The van der Waals surface area contributed by atoms with Gasteiger partial charge in [0.2, 0.25) is 32.7 Å². The van der Waals surface area contributed by atoms with Crippen molar-refractivity contribution in [3.05, 3.63) is 54.1 Å². The molecule has 13 heteroatoms. The number of hydrogen-bond donors (Lipinski definition) is 2. The number of nitrogens with one attached hydrogen (secondary N) is 1. The molecule has 226 valence electrons. The first kappa shape index (κ1) is 31.2. The van der Waals surface area contributed by atoms with Crippen LogP contribution in [-0.2, 0) is 31.3 Å². The molecule has 2 aliphatic heterocycles. The van der Waals surface area contributed by atoms with Gasteiger partial charge in [-0.05, 0) is 42.9 Å². The lowest BCUT2D eigenvalue weighted by molar-refractivity contribution is -0.122. The number of aliphatic hydroxyl groups excluding tert-OH is 1. The summed E-state index contributed by atoms with van der Waals surface area (Å²) in [5, 5.41) is 14.2. The molecule has 2 aromatic rings. The van der Waals surface area contributed by atoms with Crippen molar-refractivity contribution < 1.29 is 36.2 Å². The zero-order chi connectivity index (χ0) is 29.6. The number of rotatable bonds is 14. The number of hydrogen-bond acceptors (Lipinski definition) is 8. The van der Waals surface area contributed by atoms with Crippen LogP contribution in [0.1, 0.15) is 38.7 Å². The second-order valence-corrected chi connectivity index (χ2v) is 14.9. The number of sulfonamides is 2. The summed E-state index contributed by atoms with van der Waals surface area (Å²) in [6.07, 6.45) is 0.295. The molecule has 0 aliphatic carbocycles. The Morgan fingerprint density at radius 1 is 1.00 bits per heavy atom. The zero-order valence-electron chi connectivity index (χ0n) is 23.4. The number of benzene rings is 2. The molecular formula is C28H39N3O8S2. The standard InChI is InChI=1S/C28H39N3O8S2/c1-21(2)18-31(41(36,37)23-10-11-26-27(17-23)39-20-38-26)19-25(32)24(16-22-8-4-3-5-9-22)29-28(33)12-15-40(34,35)30-13-6-7-14-30/h3-5,8-11,17,21,24-25,32H,6-7,12-16,18-20H2,1-2H3,(H,29,33)/t24-,25+/m0/s1. The summed E-state index contributed by atoms with van der Waals surface area (Å²) in [5.41, 5.74) is 0.829. The second-order valence-electron chi connectivity index (χ2n) is 10.8. The van der Waals surface area contributed by atoms with Crippen LogP contribution in [0.25, 0.3) is 0 Å². The van der Waals surface area contributed by atoms with Crippen molar-refractivity contribution in [2.75, 3.05) is 38.7 Å². The van der Waals surface area contributed by atoms with Gasteiger partial charge >= 0.3 is 0 Å². The number of fused-ring (bicyclic) bond motifs is 1. The Hall–Kier alpha value is -2.71. The molecule has 2 heterocycles. The number of amides is 1. The predicted octanol–water partition coefficient (Wildman–Crippen LogP) is 1.97. The van der Waals surface area contributed by atoms with Gasteiger partial charge < -0.3 is 19.9 Å². The maximum atomic E-state index is 13.7. The fourth-order valence-electron chi connectivity index (χ4n) is 4.95. The smallest absolute Gasteiger partial charge is 0.243 e. The van der Waals surface area contributed by atoms with Crippen LogP contribution in [0.4, 0.5) is 0 Å². The average molecular weight is 610 g/mol. The monoisotopic (exact) mass is 609 g/mol. The van der Waals surface area contributed by atoms with Crippen LogP contribution in [0.15, 0.2) is 53.4 Å². The Morgan fingerprint density at radius 3 is 2.37 bits per heavy atom. The maximum absolute atomic E-state index is 13.7. The van der Waals surface area contributed by atoms with Crippen LogP contribution < -0.4 is 14.8 Å². The number of carbonyl (C=O) groups is 1. The van der Waals surface area contributed by atoms with Crippen LogP contribution in [0, 0.1) is 5.92 Å². The Kier molecular flexibility index (Phi) is 10.3. The molecule has 2 aliphatic rings. The van der Waals surface area contributed by atoms with E-state index in [0.29, 0.717) is 24.6 Å². The topological polar surface area (TPSA) is 143 Å². The van der Waals surface area contributed by atoms with Crippen LogP contribution in [0.2, 0.25) is 0 Å². The summed E-state index contributed by atoms with van der Waals surface area (Å²) >= 11 is 0. The van der Waals surface area contributed by atoms with Crippen molar-refractivity contribution in [1.29, 1.82) is 0 Å². The molecule has 0 radical (unpaired) electrons. The molecule has 1 amide bonds. The van der Waals surface area contributed by atoms with E-state index in [1.165, 1.54) is 26.8 Å². The third-order valence-corrected chi connectivity index (χ3v) is 10.8. The SMILES string of the molecule is CC(C)CN(C[C@@H](O)[C@H](Cc1ccccc1)NC(=O)CCS(=O)(=O)N1CCCC1)S(=O)(=O)c1ccc2c(c1)OCO2. The van der Waals surface area contributed by atoms with Gasteiger partial charge in [0.15, 0.2) is 11.5 Å². The van der Waals surface area contributed by atoms with E-state index in [0.717, 1.165) is 18.4 Å². The van der Waals surface area contributed by atoms with E-state index in [4.69, 9.17) is 9.47 Å². The number of carbonyl (C=O) groups excluding carboxylic acids is 1. The van der Waals surface area contributed by atoms with E-state index < -0.39 is 38.1 Å². The largest absolute Gasteiger partial charge is 0.454 e. The van der Waals surface area contributed by atoms with Crippen molar-refractivity contribution in [3.63, 3.8) is 0 Å². The number of nitrogens with zero attached hydrogens (tertiary/aromatic N) is 2. The first-order valence-electron chi connectivity index (χ1n) is 13.8. The third kappa shape index (κ3) is 8.19. The molecule has 2 N–H and O–H groups in total. The molecule has 41 heavy (non-hydrogen) atoms. The lowest BCUT2D eigenvalue weighted by atomic mass is 10.0. The normalized spacial score (nSPS) is 17.2. The second kappa shape index (κ2) is 13.5. The minimum atomic E-state index is -4.05. The van der Waals surface area contributed by atoms with E-state index in [-0.39, 0.29) is 49.3 Å². The molecule has 1 saturated heterocycles. The van der Waals surface area contributed by atoms with Gasteiger partial charge in [-0.15, -0.1) is 0 Å². The van der Waals surface area contributed by atoms with Crippen molar-refractivity contribution in [2.24, 2.45) is 5.92 Å². The van der Waals surface area contributed by atoms with Gasteiger partial charge in [-0.1, -0.05) is 44.2 Å². The Morgan fingerprint density at radius 2 is 1.68 bits per heavy atom. The molecule has 2 atom stereocenters. The van der Waals surface area contributed by atoms with Gasteiger partial charge in [0.05, 0.1) is 22.8 Å². The predicted molar refractivity (Wildman–Crippen MR) is 153 cm³/mol. The average Bonchev–Trinajstić information content (AvgIpc) is 3.64. The van der Waals surface area contributed by atoms with E-state index >= 15 is 0 Å². The summed E-state index contributed by atoms with van der Waals surface area (Å²) in [6, 6.07) is 12.7. The lowest BCUT2D eigenvalue weighted by Gasteiger charge is -2.31. The Bertz CT molecular complexity index is 1390. The Labute approximate surface area is 242 Å². The highest BCUT2D eigenvalue weighted by Gasteiger charge is 2.33. The quantitative estimate of drug-likeness (QED) is 0.331. The molecule has 0 spiro atoms. The van der Waals surface area contributed by atoms with E-state index in [1.54, 1.807) is 0 Å². The fraction of sp³-hybridized carbons (Fsp3) is 0.536. The zero-order valence-corrected chi connectivity index (χ0v) is 25.1. The molecular weight excluding hydrogens is 570 g/mol. The van der Waals surface area contributed by atoms with Gasteiger partial charge in [-0.25, -0.2) is 21.1 Å². The molecule has 2 aromatic carbocycles. The van der Waals surface area contributed by atoms with Crippen molar-refractivity contribution >= 4 is 26.0 Å². The highest BCUT2D eigenvalue weighted by atomic mass is 32.2. The highest BCUT2D eigenvalue weighted by molar-refractivity contribution is 7.89. The summed E-state index contributed by atoms with van der Waals surface area (Å²) in [7, 11) is -7.60. The first-order chi connectivity index (χ1) is 19.5. The van der Waals surface area contributed by atoms with Gasteiger partial charge in [0.25, 0.3) is 0 Å². The summed E-state index contributed by atoms with van der Waals surface area (Å²) in [6.45, 7) is 4.53. The molecule has 11 nitrogen and oxygen atoms in total. The Balaban J connectivity index is 1.51. The van der Waals surface area contributed by atoms with Crippen LogP contribution in [0.5, 0.6) is 11.5 Å². The van der Waals surface area contributed by atoms with Crippen molar-refractivity contribution in [1.82, 2.24) is 13.9 Å². The molecule has 0 aromatic heterocycles. The maximum Gasteiger partial charge on any atom is 0.243 e. The summed E-state index contributed by atoms with van der Waals surface area (Å²) in [5.74, 6) is -0.123.